The van der Waals surface area contributed by atoms with Gasteiger partial charge in [0.2, 0.25) is 5.91 Å². The minimum atomic E-state index is 0.0598. The standard InChI is InChI=1S/C15H21N3O2/c16-12-5-6-13(12)17-15(19)10-18-7-8-20-14-4-2-1-3-11(14)9-18/h1-4,12-13H,5-10,16H2,(H,17,19)/t12-,13+/m1/s1. The van der Waals surface area contributed by atoms with Crippen LogP contribution < -0.4 is 15.8 Å². The van der Waals surface area contributed by atoms with E-state index >= 15 is 0 Å². The van der Waals surface area contributed by atoms with E-state index in [1.165, 1.54) is 0 Å². The lowest BCUT2D eigenvalue weighted by Crippen LogP contribution is -2.56. The predicted molar refractivity (Wildman–Crippen MR) is 76.4 cm³/mol. The fraction of sp³-hybridized carbons (Fsp3) is 0.533. The molecule has 1 amide bonds. The predicted octanol–water partition coefficient (Wildman–Crippen LogP) is 0.487. The van der Waals surface area contributed by atoms with Crippen molar-refractivity contribution in [2.75, 3.05) is 19.7 Å². The molecule has 1 saturated carbocycles. The van der Waals surface area contributed by atoms with E-state index in [1.807, 2.05) is 24.3 Å². The van der Waals surface area contributed by atoms with Crippen molar-refractivity contribution in [2.45, 2.75) is 31.5 Å². The maximum Gasteiger partial charge on any atom is 0.234 e. The first kappa shape index (κ1) is 13.4. The van der Waals surface area contributed by atoms with Crippen molar-refractivity contribution in [1.82, 2.24) is 10.2 Å². The summed E-state index contributed by atoms with van der Waals surface area (Å²) in [6.45, 7) is 2.54. The van der Waals surface area contributed by atoms with Crippen molar-refractivity contribution < 1.29 is 9.53 Å². The summed E-state index contributed by atoms with van der Waals surface area (Å²) in [5, 5.41) is 3.01. The number of ether oxygens (including phenoxy) is 1. The number of carbonyl (C=O) groups excluding carboxylic acids is 1. The van der Waals surface area contributed by atoms with Crippen LogP contribution >= 0.6 is 0 Å². The molecule has 20 heavy (non-hydrogen) atoms. The van der Waals surface area contributed by atoms with E-state index in [0.29, 0.717) is 13.2 Å². The molecule has 3 rings (SSSR count). The van der Waals surface area contributed by atoms with E-state index in [9.17, 15) is 4.79 Å². The highest BCUT2D eigenvalue weighted by molar-refractivity contribution is 5.78. The zero-order chi connectivity index (χ0) is 13.9. The van der Waals surface area contributed by atoms with Crippen molar-refractivity contribution >= 4 is 5.91 Å². The molecule has 0 radical (unpaired) electrons. The lowest BCUT2D eigenvalue weighted by Gasteiger charge is -2.34. The first-order chi connectivity index (χ1) is 9.72. The molecule has 1 heterocycles. The lowest BCUT2D eigenvalue weighted by atomic mass is 9.87. The van der Waals surface area contributed by atoms with Gasteiger partial charge in [-0.25, -0.2) is 0 Å². The van der Waals surface area contributed by atoms with Gasteiger partial charge < -0.3 is 15.8 Å². The minimum absolute atomic E-state index is 0.0598. The Morgan fingerprint density at radius 1 is 1.40 bits per heavy atom. The van der Waals surface area contributed by atoms with E-state index in [0.717, 1.165) is 37.2 Å². The van der Waals surface area contributed by atoms with Gasteiger partial charge in [-0.2, -0.15) is 0 Å². The molecule has 0 bridgehead atoms. The Balaban J connectivity index is 1.56. The van der Waals surface area contributed by atoms with Crippen molar-refractivity contribution in [2.24, 2.45) is 5.73 Å². The molecule has 1 aliphatic carbocycles. The number of nitrogens with zero attached hydrogens (tertiary/aromatic N) is 1. The Morgan fingerprint density at radius 3 is 3.00 bits per heavy atom. The van der Waals surface area contributed by atoms with E-state index in [4.69, 9.17) is 10.5 Å². The number of rotatable bonds is 3. The number of carbonyl (C=O) groups is 1. The molecule has 0 saturated heterocycles. The Morgan fingerprint density at radius 2 is 2.25 bits per heavy atom. The fourth-order valence-electron chi connectivity index (χ4n) is 2.68. The Kier molecular flexibility index (Phi) is 3.89. The number of nitrogens with one attached hydrogen (secondary N) is 1. The molecule has 5 nitrogen and oxygen atoms in total. The van der Waals surface area contributed by atoms with Gasteiger partial charge in [-0.15, -0.1) is 0 Å². The fourth-order valence-corrected chi connectivity index (χ4v) is 2.68. The topological polar surface area (TPSA) is 67.6 Å². The van der Waals surface area contributed by atoms with Gasteiger partial charge in [0.05, 0.1) is 6.54 Å². The van der Waals surface area contributed by atoms with Crippen molar-refractivity contribution in [1.29, 1.82) is 0 Å². The number of hydrogen-bond acceptors (Lipinski definition) is 4. The van der Waals surface area contributed by atoms with E-state index in [2.05, 4.69) is 10.2 Å². The second kappa shape index (κ2) is 5.81. The molecule has 108 valence electrons. The van der Waals surface area contributed by atoms with Crippen LogP contribution in [0.5, 0.6) is 5.75 Å². The first-order valence-corrected chi connectivity index (χ1v) is 7.20. The normalized spacial score (nSPS) is 25.9. The van der Waals surface area contributed by atoms with Crippen molar-refractivity contribution in [3.63, 3.8) is 0 Å². The maximum atomic E-state index is 12.0. The van der Waals surface area contributed by atoms with Crippen molar-refractivity contribution in [3.8, 4) is 5.75 Å². The van der Waals surface area contributed by atoms with Gasteiger partial charge in [0, 0.05) is 30.7 Å². The number of nitrogens with two attached hydrogens (primary N) is 1. The third kappa shape index (κ3) is 2.94. The number of hydrogen-bond donors (Lipinski definition) is 2. The van der Waals surface area contributed by atoms with E-state index in [1.54, 1.807) is 0 Å². The molecule has 1 aromatic carbocycles. The van der Waals surface area contributed by atoms with E-state index < -0.39 is 0 Å². The SMILES string of the molecule is N[C@@H]1CC[C@@H]1NC(=O)CN1CCOc2ccccc2C1. The number of para-hydroxylation sites is 1. The number of fused-ring (bicyclic) bond motifs is 1. The molecule has 0 unspecified atom stereocenters. The van der Waals surface area contributed by atoms with Crippen LogP contribution in [0.25, 0.3) is 0 Å². The van der Waals surface area contributed by atoms with Gasteiger partial charge >= 0.3 is 0 Å². The highest BCUT2D eigenvalue weighted by atomic mass is 16.5. The van der Waals surface area contributed by atoms with Crippen LogP contribution in [-0.2, 0) is 11.3 Å². The summed E-state index contributed by atoms with van der Waals surface area (Å²) >= 11 is 0. The summed E-state index contributed by atoms with van der Waals surface area (Å²) in [6.07, 6.45) is 2.01. The van der Waals surface area contributed by atoms with Crippen molar-refractivity contribution in [3.05, 3.63) is 29.8 Å². The average Bonchev–Trinajstić information content (AvgIpc) is 2.64. The molecule has 5 heteroatoms. The average molecular weight is 275 g/mol. The summed E-state index contributed by atoms with van der Waals surface area (Å²) in [5.74, 6) is 0.987. The van der Waals surface area contributed by atoms with Gasteiger partial charge in [0.1, 0.15) is 12.4 Å². The van der Waals surface area contributed by atoms with Crippen LogP contribution in [0.2, 0.25) is 0 Å². The molecule has 3 N–H and O–H groups in total. The molecule has 2 aliphatic rings. The third-order valence-electron chi connectivity index (χ3n) is 4.07. The Bertz CT molecular complexity index is 492. The molecule has 2 atom stereocenters. The Labute approximate surface area is 119 Å². The largest absolute Gasteiger partial charge is 0.492 e. The molecule has 1 aromatic rings. The highest BCUT2D eigenvalue weighted by Crippen LogP contribution is 2.22. The first-order valence-electron chi connectivity index (χ1n) is 7.20. The number of benzene rings is 1. The number of amides is 1. The quantitative estimate of drug-likeness (QED) is 0.842. The van der Waals surface area contributed by atoms with Gasteiger partial charge in [-0.1, -0.05) is 18.2 Å². The minimum Gasteiger partial charge on any atom is -0.492 e. The third-order valence-corrected chi connectivity index (χ3v) is 4.07. The van der Waals surface area contributed by atoms with Gasteiger partial charge in [-0.05, 0) is 18.9 Å². The Hall–Kier alpha value is -1.59. The van der Waals surface area contributed by atoms with Crippen LogP contribution in [0.1, 0.15) is 18.4 Å². The van der Waals surface area contributed by atoms with Crippen LogP contribution in [-0.4, -0.2) is 42.6 Å². The van der Waals surface area contributed by atoms with Crippen LogP contribution in [0.15, 0.2) is 24.3 Å². The molecular weight excluding hydrogens is 254 g/mol. The maximum absolute atomic E-state index is 12.0. The summed E-state index contributed by atoms with van der Waals surface area (Å²) in [5.41, 5.74) is 6.98. The van der Waals surface area contributed by atoms with Gasteiger partial charge in [0.15, 0.2) is 0 Å². The molecular formula is C15H21N3O2. The van der Waals surface area contributed by atoms with Gasteiger partial charge in [-0.3, -0.25) is 9.69 Å². The van der Waals surface area contributed by atoms with Crippen LogP contribution in [0, 0.1) is 0 Å². The summed E-state index contributed by atoms with van der Waals surface area (Å²) in [7, 11) is 0. The van der Waals surface area contributed by atoms with E-state index in [-0.39, 0.29) is 18.0 Å². The zero-order valence-corrected chi connectivity index (χ0v) is 11.5. The lowest BCUT2D eigenvalue weighted by molar-refractivity contribution is -0.123. The van der Waals surface area contributed by atoms with Crippen LogP contribution in [0.4, 0.5) is 0 Å². The summed E-state index contributed by atoms with van der Waals surface area (Å²) in [4.78, 5) is 14.2. The molecule has 1 aliphatic heterocycles. The molecule has 0 aromatic heterocycles. The summed E-state index contributed by atoms with van der Waals surface area (Å²) in [6, 6.07) is 8.29. The second-order valence-corrected chi connectivity index (χ2v) is 5.58. The van der Waals surface area contributed by atoms with Crippen LogP contribution in [0.3, 0.4) is 0 Å². The molecule has 1 fully saturated rings. The molecule has 0 spiro atoms. The second-order valence-electron chi connectivity index (χ2n) is 5.58. The monoisotopic (exact) mass is 275 g/mol. The van der Waals surface area contributed by atoms with Gasteiger partial charge in [0.25, 0.3) is 0 Å². The highest BCUT2D eigenvalue weighted by Gasteiger charge is 2.29. The summed E-state index contributed by atoms with van der Waals surface area (Å²) < 4.78 is 5.70. The zero-order valence-electron chi connectivity index (χ0n) is 11.5. The smallest absolute Gasteiger partial charge is 0.234 e.